The maximum atomic E-state index is 0. The average Bonchev–Trinajstić information content (AvgIpc) is 0. The molecule has 0 aliphatic carbocycles. The van der Waals surface area contributed by atoms with E-state index >= 15 is 0 Å². The normalized spacial score (nSPS) is 0. The Morgan fingerprint density at radius 2 is 0.333 bits per heavy atom. The minimum atomic E-state index is 0. The van der Waals surface area contributed by atoms with Crippen molar-refractivity contribution in [1.29, 1.82) is 0 Å². The third-order valence-corrected chi connectivity index (χ3v) is 0. The van der Waals surface area contributed by atoms with E-state index in [1.165, 1.54) is 0 Å². The third kappa shape index (κ3) is 74.3. The molecule has 0 bridgehead atoms. The molecule has 0 heterocycles. The largest absolute Gasteiger partial charge is 2.00 e. The van der Waals surface area contributed by atoms with Gasteiger partial charge in [0.15, 0.2) is 0 Å². The molecule has 0 saturated heterocycles. The second kappa shape index (κ2) is 138. The van der Waals surface area contributed by atoms with Gasteiger partial charge in [-0.1, -0.05) is 0 Å². The van der Waals surface area contributed by atoms with Gasteiger partial charge in [-0.3, -0.25) is 0 Å². The Bertz CT molecular complexity index is 3.90. The third-order valence-electron chi connectivity index (χ3n) is 0. The SMILES string of the molecule is O.O.O.O.O.[Ca+2]. The van der Waals surface area contributed by atoms with E-state index in [0.717, 1.165) is 0 Å². The van der Waals surface area contributed by atoms with Gasteiger partial charge in [0, 0.05) is 0 Å². The van der Waals surface area contributed by atoms with Crippen LogP contribution >= 0.6 is 0 Å². The van der Waals surface area contributed by atoms with Crippen molar-refractivity contribution in [3.8, 4) is 0 Å². The summed E-state index contributed by atoms with van der Waals surface area (Å²) in [5, 5.41) is 0. The molecular formula is H10CaO5+2. The maximum Gasteiger partial charge on any atom is 2.00 e. The molecule has 0 aliphatic rings. The van der Waals surface area contributed by atoms with Crippen molar-refractivity contribution in [2.24, 2.45) is 0 Å². The van der Waals surface area contributed by atoms with Crippen LogP contribution in [-0.4, -0.2) is 65.1 Å². The zero-order chi connectivity index (χ0) is 0. The molecule has 0 fully saturated rings. The summed E-state index contributed by atoms with van der Waals surface area (Å²) >= 11 is 0. The molecule has 0 aromatic rings. The van der Waals surface area contributed by atoms with Gasteiger partial charge in [-0.2, -0.15) is 0 Å². The van der Waals surface area contributed by atoms with Gasteiger partial charge in [0.25, 0.3) is 0 Å². The fraction of sp³-hybridized carbons (Fsp3) is 0. The van der Waals surface area contributed by atoms with Crippen LogP contribution in [0, 0.1) is 0 Å². The van der Waals surface area contributed by atoms with E-state index in [1.807, 2.05) is 0 Å². The Morgan fingerprint density at radius 3 is 0.333 bits per heavy atom. The minimum Gasteiger partial charge on any atom is -0.412 e. The number of hydrogen-bond donors (Lipinski definition) is 0. The molecule has 0 saturated carbocycles. The van der Waals surface area contributed by atoms with Gasteiger partial charge in [-0.05, 0) is 0 Å². The van der Waals surface area contributed by atoms with E-state index in [9.17, 15) is 0 Å². The monoisotopic (exact) mass is 130 g/mol. The molecule has 0 rings (SSSR count). The Balaban J connectivity index is 0. The van der Waals surface area contributed by atoms with Crippen LogP contribution in [0.15, 0.2) is 0 Å². The molecule has 5 nitrogen and oxygen atoms in total. The summed E-state index contributed by atoms with van der Waals surface area (Å²) in [5.41, 5.74) is 0. The van der Waals surface area contributed by atoms with Crippen molar-refractivity contribution in [3.05, 3.63) is 0 Å². The summed E-state index contributed by atoms with van der Waals surface area (Å²) in [6, 6.07) is 0. The van der Waals surface area contributed by atoms with Crippen molar-refractivity contribution < 1.29 is 27.4 Å². The molecule has 0 aromatic carbocycles. The van der Waals surface area contributed by atoms with E-state index in [2.05, 4.69) is 0 Å². The van der Waals surface area contributed by atoms with Crippen LogP contribution in [0.2, 0.25) is 0 Å². The van der Waals surface area contributed by atoms with Crippen molar-refractivity contribution in [2.75, 3.05) is 0 Å². The van der Waals surface area contributed by atoms with Gasteiger partial charge < -0.3 is 27.4 Å². The zero-order valence-corrected chi connectivity index (χ0v) is 5.42. The van der Waals surface area contributed by atoms with E-state index < -0.39 is 0 Å². The second-order valence-corrected chi connectivity index (χ2v) is 0. The summed E-state index contributed by atoms with van der Waals surface area (Å²) in [4.78, 5) is 0. The molecule has 0 unspecified atom stereocenters. The van der Waals surface area contributed by atoms with Gasteiger partial charge in [-0.25, -0.2) is 0 Å². The van der Waals surface area contributed by atoms with Gasteiger partial charge in [0.1, 0.15) is 0 Å². The molecule has 0 radical (unpaired) electrons. The Kier molecular flexibility index (Phi) is 5310. The summed E-state index contributed by atoms with van der Waals surface area (Å²) in [7, 11) is 0. The second-order valence-electron chi connectivity index (χ2n) is 0. The Hall–Kier alpha value is 1.06. The number of hydrogen-bond acceptors (Lipinski definition) is 0. The van der Waals surface area contributed by atoms with Crippen molar-refractivity contribution in [2.45, 2.75) is 0 Å². The van der Waals surface area contributed by atoms with Crippen molar-refractivity contribution >= 4 is 37.7 Å². The summed E-state index contributed by atoms with van der Waals surface area (Å²) in [6.07, 6.45) is 0. The molecule has 0 spiro atoms. The Morgan fingerprint density at radius 1 is 0.333 bits per heavy atom. The quantitative estimate of drug-likeness (QED) is 0.289. The predicted molar refractivity (Wildman–Crippen MR) is 23.8 cm³/mol. The van der Waals surface area contributed by atoms with Crippen molar-refractivity contribution in [1.82, 2.24) is 0 Å². The van der Waals surface area contributed by atoms with E-state index in [4.69, 9.17) is 0 Å². The smallest absolute Gasteiger partial charge is 0.412 e. The van der Waals surface area contributed by atoms with E-state index in [1.54, 1.807) is 0 Å². The molecule has 40 valence electrons. The van der Waals surface area contributed by atoms with Gasteiger partial charge in [0.2, 0.25) is 0 Å². The predicted octanol–water partition coefficient (Wildman–Crippen LogP) is -4.50. The van der Waals surface area contributed by atoms with Crippen LogP contribution < -0.4 is 0 Å². The number of rotatable bonds is 0. The van der Waals surface area contributed by atoms with Crippen LogP contribution in [-0.2, 0) is 0 Å². The Labute approximate surface area is 64.9 Å². The van der Waals surface area contributed by atoms with Crippen LogP contribution in [0.4, 0.5) is 0 Å². The summed E-state index contributed by atoms with van der Waals surface area (Å²) in [6.45, 7) is 0. The van der Waals surface area contributed by atoms with Gasteiger partial charge in [0.05, 0.1) is 0 Å². The summed E-state index contributed by atoms with van der Waals surface area (Å²) < 4.78 is 0. The molecule has 0 amide bonds. The van der Waals surface area contributed by atoms with Crippen LogP contribution in [0.5, 0.6) is 0 Å². The molecule has 10 N–H and O–H groups in total. The topological polar surface area (TPSA) is 158 Å². The fourth-order valence-corrected chi connectivity index (χ4v) is 0. The summed E-state index contributed by atoms with van der Waals surface area (Å²) in [5.74, 6) is 0. The van der Waals surface area contributed by atoms with Crippen LogP contribution in [0.25, 0.3) is 0 Å². The zero-order valence-electron chi connectivity index (χ0n) is 3.21. The van der Waals surface area contributed by atoms with E-state index in [-0.39, 0.29) is 65.1 Å². The molecular weight excluding hydrogens is 120 g/mol. The van der Waals surface area contributed by atoms with Gasteiger partial charge >= 0.3 is 37.7 Å². The standard InChI is InChI=1S/Ca.5H2O/h;5*1H2/q+2;;;;;. The minimum absolute atomic E-state index is 0. The maximum absolute atomic E-state index is 0. The van der Waals surface area contributed by atoms with E-state index in [0.29, 0.717) is 0 Å². The first-order valence-corrected chi connectivity index (χ1v) is 0. The first-order valence-electron chi connectivity index (χ1n) is 0. The first-order chi connectivity index (χ1) is 0. The first kappa shape index (κ1) is 231. The molecule has 6 heteroatoms. The molecule has 6 heavy (non-hydrogen) atoms. The van der Waals surface area contributed by atoms with Crippen LogP contribution in [0.1, 0.15) is 0 Å². The molecule has 0 atom stereocenters. The van der Waals surface area contributed by atoms with Crippen molar-refractivity contribution in [3.63, 3.8) is 0 Å². The van der Waals surface area contributed by atoms with Crippen LogP contribution in [0.3, 0.4) is 0 Å². The average molecular weight is 130 g/mol. The molecule has 0 aromatic heterocycles. The van der Waals surface area contributed by atoms with Gasteiger partial charge in [-0.15, -0.1) is 0 Å². The fourth-order valence-electron chi connectivity index (χ4n) is 0. The molecule has 0 aliphatic heterocycles.